The average Bonchev–Trinajstić information content (AvgIpc) is 1.89. The van der Waals surface area contributed by atoms with Gasteiger partial charge in [0.2, 0.25) is 0 Å². The summed E-state index contributed by atoms with van der Waals surface area (Å²) in [4.78, 5) is -0.193. The molecule has 0 bridgehead atoms. The first-order valence-electron chi connectivity index (χ1n) is 2.92. The second-order valence-electron chi connectivity index (χ2n) is 1.63. The Hall–Kier alpha value is 1.03. The van der Waals surface area contributed by atoms with Crippen molar-refractivity contribution in [2.75, 3.05) is 5.75 Å². The first-order chi connectivity index (χ1) is 4.31. The molecule has 0 fully saturated rings. The van der Waals surface area contributed by atoms with Crippen molar-refractivity contribution in [3.8, 4) is 0 Å². The highest BCUT2D eigenvalue weighted by Gasteiger charge is 1.99. The summed E-state index contributed by atoms with van der Waals surface area (Å²) in [5.74, 6) is 1.08. The standard InChI is InChI=1S/C5H12ClOPS/c1-2-3-4-9-5(6)7-8/h5H,2-4,8H2,1H3. The van der Waals surface area contributed by atoms with Gasteiger partial charge in [-0.1, -0.05) is 24.9 Å². The summed E-state index contributed by atoms with van der Waals surface area (Å²) in [6.07, 6.45) is 2.43. The topological polar surface area (TPSA) is 9.23 Å². The van der Waals surface area contributed by atoms with Crippen LogP contribution >= 0.6 is 32.8 Å². The number of unbranched alkanes of at least 4 members (excludes halogenated alkanes) is 1. The molecule has 0 aliphatic heterocycles. The van der Waals surface area contributed by atoms with Crippen LogP contribution in [-0.2, 0) is 4.52 Å². The Labute approximate surface area is 68.2 Å². The van der Waals surface area contributed by atoms with Gasteiger partial charge in [0.25, 0.3) is 0 Å². The molecule has 2 atom stereocenters. The van der Waals surface area contributed by atoms with Crippen molar-refractivity contribution in [2.45, 2.75) is 24.7 Å². The summed E-state index contributed by atoms with van der Waals surface area (Å²) in [7, 11) is 2.15. The van der Waals surface area contributed by atoms with Gasteiger partial charge in [-0.25, -0.2) is 0 Å². The number of thioether (sulfide) groups is 1. The summed E-state index contributed by atoms with van der Waals surface area (Å²) in [5.41, 5.74) is 0. The molecule has 0 heterocycles. The molecule has 0 saturated heterocycles. The molecule has 0 rings (SSSR count). The molecule has 0 aliphatic carbocycles. The van der Waals surface area contributed by atoms with Crippen molar-refractivity contribution in [1.82, 2.24) is 0 Å². The minimum atomic E-state index is -0.193. The van der Waals surface area contributed by atoms with Crippen molar-refractivity contribution in [2.24, 2.45) is 0 Å². The smallest absolute Gasteiger partial charge is 0.181 e. The molecule has 2 unspecified atom stereocenters. The predicted octanol–water partition coefficient (Wildman–Crippen LogP) is 2.85. The molecular weight excluding hydrogens is 175 g/mol. The first-order valence-corrected chi connectivity index (χ1v) is 4.88. The lowest BCUT2D eigenvalue weighted by Gasteiger charge is -2.04. The molecule has 1 nitrogen and oxygen atoms in total. The van der Waals surface area contributed by atoms with Gasteiger partial charge in [0.1, 0.15) is 0 Å². The predicted molar refractivity (Wildman–Crippen MR) is 47.8 cm³/mol. The molecule has 9 heavy (non-hydrogen) atoms. The Morgan fingerprint density at radius 3 is 2.89 bits per heavy atom. The van der Waals surface area contributed by atoms with Crippen LogP contribution in [0.2, 0.25) is 0 Å². The van der Waals surface area contributed by atoms with E-state index >= 15 is 0 Å². The highest BCUT2D eigenvalue weighted by atomic mass is 35.5. The monoisotopic (exact) mass is 186 g/mol. The Bertz CT molecular complexity index is 64.9. The van der Waals surface area contributed by atoms with Crippen molar-refractivity contribution in [3.63, 3.8) is 0 Å². The Morgan fingerprint density at radius 1 is 1.78 bits per heavy atom. The lowest BCUT2D eigenvalue weighted by Crippen LogP contribution is -1.91. The van der Waals surface area contributed by atoms with Gasteiger partial charge in [0.05, 0.1) is 0 Å². The zero-order valence-electron chi connectivity index (χ0n) is 5.47. The molecule has 0 aromatic carbocycles. The van der Waals surface area contributed by atoms with Crippen LogP contribution in [0.4, 0.5) is 0 Å². The number of hydrogen-bond acceptors (Lipinski definition) is 2. The molecule has 4 heteroatoms. The summed E-state index contributed by atoms with van der Waals surface area (Å²) in [5, 5.41) is 0. The molecule has 0 aromatic rings. The summed E-state index contributed by atoms with van der Waals surface area (Å²) in [6.45, 7) is 2.16. The van der Waals surface area contributed by atoms with Crippen molar-refractivity contribution >= 4 is 32.8 Å². The summed E-state index contributed by atoms with van der Waals surface area (Å²) in [6, 6.07) is 0. The number of rotatable bonds is 5. The van der Waals surface area contributed by atoms with E-state index in [1.54, 1.807) is 11.8 Å². The molecular formula is C5H12ClOPS. The Kier molecular flexibility index (Phi) is 7.96. The fourth-order valence-corrected chi connectivity index (χ4v) is 1.58. The van der Waals surface area contributed by atoms with Crippen molar-refractivity contribution in [1.29, 1.82) is 0 Å². The van der Waals surface area contributed by atoms with Crippen LogP contribution < -0.4 is 0 Å². The number of halogens is 1. The zero-order valence-corrected chi connectivity index (χ0v) is 8.20. The highest BCUT2D eigenvalue weighted by molar-refractivity contribution is 8.00. The van der Waals surface area contributed by atoms with E-state index in [4.69, 9.17) is 16.1 Å². The quantitative estimate of drug-likeness (QED) is 0.283. The van der Waals surface area contributed by atoms with E-state index in [-0.39, 0.29) is 4.90 Å². The molecule has 56 valence electrons. The summed E-state index contributed by atoms with van der Waals surface area (Å²) >= 11 is 7.24. The highest BCUT2D eigenvalue weighted by Crippen LogP contribution is 2.19. The normalized spacial score (nSPS) is 13.7. The zero-order chi connectivity index (χ0) is 7.11. The molecule has 0 aliphatic rings. The molecule has 0 radical (unpaired) electrons. The van der Waals surface area contributed by atoms with Gasteiger partial charge < -0.3 is 4.52 Å². The van der Waals surface area contributed by atoms with E-state index < -0.39 is 0 Å². The van der Waals surface area contributed by atoms with Crippen LogP contribution in [0.15, 0.2) is 0 Å². The van der Waals surface area contributed by atoms with E-state index in [0.717, 1.165) is 5.75 Å². The molecule has 0 saturated carbocycles. The van der Waals surface area contributed by atoms with E-state index in [1.165, 1.54) is 12.8 Å². The molecule has 0 amide bonds. The third-order valence-electron chi connectivity index (χ3n) is 0.854. The van der Waals surface area contributed by atoms with Crippen LogP contribution in [0.5, 0.6) is 0 Å². The van der Waals surface area contributed by atoms with Gasteiger partial charge in [0, 0.05) is 9.47 Å². The number of hydrogen-bond donors (Lipinski definition) is 0. The molecule has 0 aromatic heterocycles. The van der Waals surface area contributed by atoms with Gasteiger partial charge >= 0.3 is 0 Å². The van der Waals surface area contributed by atoms with Gasteiger partial charge in [-0.2, -0.15) is 0 Å². The van der Waals surface area contributed by atoms with Gasteiger partial charge in [-0.15, -0.1) is 11.8 Å². The first kappa shape index (κ1) is 10.0. The van der Waals surface area contributed by atoms with Gasteiger partial charge in [-0.05, 0) is 12.2 Å². The maximum absolute atomic E-state index is 5.62. The van der Waals surface area contributed by atoms with E-state index in [9.17, 15) is 0 Å². The van der Waals surface area contributed by atoms with Gasteiger partial charge in [0.15, 0.2) is 4.90 Å². The second kappa shape index (κ2) is 7.14. The maximum atomic E-state index is 5.62. The number of alkyl halides is 1. The van der Waals surface area contributed by atoms with Crippen LogP contribution in [0.1, 0.15) is 19.8 Å². The Morgan fingerprint density at radius 2 is 2.44 bits per heavy atom. The minimum absolute atomic E-state index is 0.193. The van der Waals surface area contributed by atoms with Gasteiger partial charge in [-0.3, -0.25) is 0 Å². The largest absolute Gasteiger partial charge is 0.337 e. The Balaban J connectivity index is 2.88. The lowest BCUT2D eigenvalue weighted by molar-refractivity contribution is 0.424. The second-order valence-corrected chi connectivity index (χ2v) is 3.73. The van der Waals surface area contributed by atoms with Crippen LogP contribution in [-0.4, -0.2) is 10.6 Å². The fourth-order valence-electron chi connectivity index (χ4n) is 0.360. The maximum Gasteiger partial charge on any atom is 0.181 e. The van der Waals surface area contributed by atoms with E-state index in [1.807, 2.05) is 0 Å². The minimum Gasteiger partial charge on any atom is -0.337 e. The third kappa shape index (κ3) is 6.92. The van der Waals surface area contributed by atoms with Crippen molar-refractivity contribution < 1.29 is 4.52 Å². The van der Waals surface area contributed by atoms with Crippen LogP contribution in [0.3, 0.4) is 0 Å². The van der Waals surface area contributed by atoms with E-state index in [2.05, 4.69) is 16.4 Å². The lowest BCUT2D eigenvalue weighted by atomic mass is 10.4. The average molecular weight is 187 g/mol. The fraction of sp³-hybridized carbons (Fsp3) is 1.00. The summed E-state index contributed by atoms with van der Waals surface area (Å²) < 4.78 is 4.74. The molecule has 0 spiro atoms. The van der Waals surface area contributed by atoms with Crippen LogP contribution in [0.25, 0.3) is 0 Å². The molecule has 0 N–H and O–H groups in total. The van der Waals surface area contributed by atoms with E-state index in [0.29, 0.717) is 0 Å². The SMILES string of the molecule is CCCCSC(Cl)OP. The third-order valence-corrected chi connectivity index (χ3v) is 2.87. The van der Waals surface area contributed by atoms with Crippen molar-refractivity contribution in [3.05, 3.63) is 0 Å². The van der Waals surface area contributed by atoms with Crippen LogP contribution in [0, 0.1) is 0 Å².